The van der Waals surface area contributed by atoms with Crippen molar-refractivity contribution < 1.29 is 9.59 Å². The van der Waals surface area contributed by atoms with Crippen molar-refractivity contribution in [2.75, 3.05) is 5.32 Å². The van der Waals surface area contributed by atoms with E-state index in [0.717, 1.165) is 10.6 Å². The van der Waals surface area contributed by atoms with Crippen LogP contribution in [0, 0.1) is 0 Å². The lowest BCUT2D eigenvalue weighted by molar-refractivity contribution is -0.116. The predicted octanol–water partition coefficient (Wildman–Crippen LogP) is 0.378. The molecule has 2 rings (SSSR count). The fourth-order valence-corrected chi connectivity index (χ4v) is 1.74. The Balaban J connectivity index is 2.11. The van der Waals surface area contributed by atoms with Gasteiger partial charge in [0.05, 0.1) is 0 Å². The number of anilines is 1. The van der Waals surface area contributed by atoms with E-state index in [1.54, 1.807) is 24.3 Å². The molecule has 7 nitrogen and oxygen atoms in total. The van der Waals surface area contributed by atoms with Gasteiger partial charge in [-0.15, -0.1) is 0 Å². The summed E-state index contributed by atoms with van der Waals surface area (Å²) < 4.78 is 1.07. The number of amides is 1. The monoisotopic (exact) mass is 287 g/mol. The summed E-state index contributed by atoms with van der Waals surface area (Å²) >= 11 is 0. The average Bonchev–Trinajstić information content (AvgIpc) is 2.42. The smallest absolute Gasteiger partial charge is 0.325 e. The zero-order valence-corrected chi connectivity index (χ0v) is 11.3. The molecule has 1 aromatic heterocycles. The molecule has 0 saturated heterocycles. The van der Waals surface area contributed by atoms with Crippen LogP contribution in [0.3, 0.4) is 0 Å². The van der Waals surface area contributed by atoms with Gasteiger partial charge in [0.2, 0.25) is 5.91 Å². The van der Waals surface area contributed by atoms with Gasteiger partial charge in [-0.05, 0) is 19.1 Å². The summed E-state index contributed by atoms with van der Waals surface area (Å²) in [4.78, 5) is 47.5. The van der Waals surface area contributed by atoms with Crippen molar-refractivity contribution in [3.8, 4) is 0 Å². The van der Waals surface area contributed by atoms with E-state index in [-0.39, 0.29) is 12.3 Å². The topological polar surface area (TPSA) is 101 Å². The quantitative estimate of drug-likeness (QED) is 0.794. The highest BCUT2D eigenvalue weighted by atomic mass is 16.2. The van der Waals surface area contributed by atoms with Crippen molar-refractivity contribution in [1.82, 2.24) is 9.55 Å². The van der Waals surface area contributed by atoms with Crippen molar-refractivity contribution in [2.45, 2.75) is 13.5 Å². The van der Waals surface area contributed by atoms with Gasteiger partial charge < -0.3 is 5.32 Å². The highest BCUT2D eigenvalue weighted by molar-refractivity contribution is 5.97. The van der Waals surface area contributed by atoms with Crippen LogP contribution >= 0.6 is 0 Å². The van der Waals surface area contributed by atoms with Crippen LogP contribution < -0.4 is 16.6 Å². The van der Waals surface area contributed by atoms with E-state index in [2.05, 4.69) is 10.3 Å². The first-order valence-electron chi connectivity index (χ1n) is 6.16. The molecule has 0 bridgehead atoms. The van der Waals surface area contributed by atoms with E-state index >= 15 is 0 Å². The molecule has 21 heavy (non-hydrogen) atoms. The molecule has 0 unspecified atom stereocenters. The molecule has 0 fully saturated rings. The van der Waals surface area contributed by atoms with Crippen LogP contribution in [0.2, 0.25) is 0 Å². The number of Topliss-reactive ketones (excluding diaryl/α,β-unsaturated/α-hetero) is 1. The molecule has 0 saturated carbocycles. The second kappa shape index (κ2) is 6.00. The molecule has 0 atom stereocenters. The van der Waals surface area contributed by atoms with E-state index in [1.165, 1.54) is 13.1 Å². The van der Waals surface area contributed by atoms with E-state index in [0.29, 0.717) is 11.3 Å². The molecule has 1 amide bonds. The van der Waals surface area contributed by atoms with Gasteiger partial charge in [-0.2, -0.15) is 0 Å². The summed E-state index contributed by atoms with van der Waals surface area (Å²) in [5.74, 6) is -0.548. The minimum absolute atomic E-state index is 0.108. The fraction of sp³-hybridized carbons (Fsp3) is 0.143. The Labute approximate surface area is 119 Å². The standard InChI is InChI=1S/C14H13N3O4/c1-9(18)10-3-2-4-11(7-10)15-13(20)8-17-6-5-12(19)16-14(17)21/h2-7H,8H2,1H3,(H,15,20)(H,16,19,21). The van der Waals surface area contributed by atoms with E-state index < -0.39 is 17.2 Å². The summed E-state index contributed by atoms with van der Waals surface area (Å²) in [6.45, 7) is 1.20. The number of nitrogens with zero attached hydrogens (tertiary/aromatic N) is 1. The average molecular weight is 287 g/mol. The molecule has 7 heteroatoms. The zero-order valence-electron chi connectivity index (χ0n) is 11.3. The third kappa shape index (κ3) is 3.75. The van der Waals surface area contributed by atoms with Gasteiger partial charge in [0.15, 0.2) is 5.78 Å². The first kappa shape index (κ1) is 14.4. The molecule has 0 aliphatic carbocycles. The van der Waals surface area contributed by atoms with Crippen molar-refractivity contribution in [1.29, 1.82) is 0 Å². The van der Waals surface area contributed by atoms with Crippen molar-refractivity contribution in [3.05, 3.63) is 62.9 Å². The van der Waals surface area contributed by atoms with Crippen LogP contribution in [0.1, 0.15) is 17.3 Å². The van der Waals surface area contributed by atoms with Gasteiger partial charge >= 0.3 is 5.69 Å². The van der Waals surface area contributed by atoms with Gasteiger partial charge in [0.1, 0.15) is 6.54 Å². The predicted molar refractivity (Wildman–Crippen MR) is 76.4 cm³/mol. The summed E-state index contributed by atoms with van der Waals surface area (Å²) in [5.41, 5.74) is -0.236. The van der Waals surface area contributed by atoms with Crippen molar-refractivity contribution in [3.63, 3.8) is 0 Å². The van der Waals surface area contributed by atoms with Gasteiger partial charge in [-0.3, -0.25) is 23.9 Å². The second-order valence-electron chi connectivity index (χ2n) is 4.42. The van der Waals surface area contributed by atoms with Crippen LogP contribution in [-0.4, -0.2) is 21.2 Å². The molecular weight excluding hydrogens is 274 g/mol. The fourth-order valence-electron chi connectivity index (χ4n) is 1.74. The zero-order chi connectivity index (χ0) is 15.4. The number of hydrogen-bond acceptors (Lipinski definition) is 4. The first-order valence-corrected chi connectivity index (χ1v) is 6.16. The summed E-state index contributed by atoms with van der Waals surface area (Å²) in [7, 11) is 0. The Morgan fingerprint density at radius 2 is 2.00 bits per heavy atom. The van der Waals surface area contributed by atoms with Gasteiger partial charge in [0, 0.05) is 23.5 Å². The summed E-state index contributed by atoms with van der Waals surface area (Å²) in [6.07, 6.45) is 1.24. The number of aromatic amines is 1. The molecule has 0 aliphatic rings. The number of carbonyl (C=O) groups excluding carboxylic acids is 2. The van der Waals surface area contributed by atoms with Crippen LogP contribution in [0.25, 0.3) is 0 Å². The Morgan fingerprint density at radius 1 is 1.24 bits per heavy atom. The Bertz CT molecular complexity index is 804. The van der Waals surface area contributed by atoms with Gasteiger partial charge in [0.25, 0.3) is 5.56 Å². The SMILES string of the molecule is CC(=O)c1cccc(NC(=O)Cn2ccc(=O)[nH]c2=O)c1. The number of H-pyrrole nitrogens is 1. The van der Waals surface area contributed by atoms with Crippen LogP contribution in [-0.2, 0) is 11.3 Å². The van der Waals surface area contributed by atoms with Gasteiger partial charge in [-0.1, -0.05) is 12.1 Å². The lowest BCUT2D eigenvalue weighted by Gasteiger charge is -2.07. The molecule has 0 radical (unpaired) electrons. The first-order chi connectivity index (χ1) is 9.95. The molecule has 1 heterocycles. The lowest BCUT2D eigenvalue weighted by Crippen LogP contribution is -2.32. The summed E-state index contributed by atoms with van der Waals surface area (Å²) in [5, 5.41) is 2.58. The third-order valence-electron chi connectivity index (χ3n) is 2.76. The normalized spacial score (nSPS) is 10.1. The maximum Gasteiger partial charge on any atom is 0.328 e. The molecule has 0 aliphatic heterocycles. The van der Waals surface area contributed by atoms with Gasteiger partial charge in [-0.25, -0.2) is 4.79 Å². The van der Waals surface area contributed by atoms with E-state index in [9.17, 15) is 19.2 Å². The Morgan fingerprint density at radius 3 is 2.67 bits per heavy atom. The second-order valence-corrected chi connectivity index (χ2v) is 4.42. The maximum absolute atomic E-state index is 11.9. The number of carbonyl (C=O) groups is 2. The van der Waals surface area contributed by atoms with Crippen molar-refractivity contribution >= 4 is 17.4 Å². The molecule has 1 aromatic carbocycles. The Kier molecular flexibility index (Phi) is 4.13. The minimum Gasteiger partial charge on any atom is -0.325 e. The molecular formula is C14H13N3O4. The number of hydrogen-bond donors (Lipinski definition) is 2. The number of ketones is 1. The number of nitrogens with one attached hydrogen (secondary N) is 2. The third-order valence-corrected chi connectivity index (χ3v) is 2.76. The largest absolute Gasteiger partial charge is 0.328 e. The highest BCUT2D eigenvalue weighted by Gasteiger charge is 2.07. The molecule has 0 spiro atoms. The highest BCUT2D eigenvalue weighted by Crippen LogP contribution is 2.11. The maximum atomic E-state index is 11.9. The van der Waals surface area contributed by atoms with E-state index in [1.807, 2.05) is 0 Å². The van der Waals surface area contributed by atoms with Crippen LogP contribution in [0.4, 0.5) is 5.69 Å². The number of rotatable bonds is 4. The molecule has 2 N–H and O–H groups in total. The minimum atomic E-state index is -0.657. The molecule has 2 aromatic rings. The van der Waals surface area contributed by atoms with Crippen LogP contribution in [0.5, 0.6) is 0 Å². The van der Waals surface area contributed by atoms with Crippen LogP contribution in [0.15, 0.2) is 46.1 Å². The number of benzene rings is 1. The molecule has 108 valence electrons. The Hall–Kier alpha value is -2.96. The van der Waals surface area contributed by atoms with E-state index in [4.69, 9.17) is 0 Å². The summed E-state index contributed by atoms with van der Waals surface area (Å²) in [6, 6.07) is 7.64. The number of aromatic nitrogens is 2. The lowest BCUT2D eigenvalue weighted by atomic mass is 10.1. The van der Waals surface area contributed by atoms with Crippen molar-refractivity contribution in [2.24, 2.45) is 0 Å².